The Morgan fingerprint density at radius 1 is 1.12 bits per heavy atom. The molecule has 0 atom stereocenters. The average molecular weight is 328 g/mol. The summed E-state index contributed by atoms with van der Waals surface area (Å²) < 4.78 is 5.18. The van der Waals surface area contributed by atoms with Gasteiger partial charge in [-0.1, -0.05) is 30.7 Å². The van der Waals surface area contributed by atoms with Gasteiger partial charge >= 0.3 is 0 Å². The summed E-state index contributed by atoms with van der Waals surface area (Å²) in [5.74, 6) is 1.61. The Morgan fingerprint density at radius 2 is 1.92 bits per heavy atom. The summed E-state index contributed by atoms with van der Waals surface area (Å²) in [7, 11) is 1.68. The van der Waals surface area contributed by atoms with Gasteiger partial charge < -0.3 is 9.64 Å². The van der Waals surface area contributed by atoms with Crippen molar-refractivity contribution < 1.29 is 9.53 Å². The molecule has 0 unspecified atom stereocenters. The monoisotopic (exact) mass is 328 g/mol. The van der Waals surface area contributed by atoms with Gasteiger partial charge in [0, 0.05) is 38.6 Å². The molecule has 2 fully saturated rings. The predicted octanol–water partition coefficient (Wildman–Crippen LogP) is 3.04. The Kier molecular flexibility index (Phi) is 5.91. The molecule has 24 heavy (non-hydrogen) atoms. The maximum atomic E-state index is 12.4. The quantitative estimate of drug-likeness (QED) is 0.833. The van der Waals surface area contributed by atoms with Crippen LogP contribution in [0.3, 0.4) is 0 Å². The number of carbonyl (C=O) groups is 1. The van der Waals surface area contributed by atoms with E-state index in [1.807, 2.05) is 12.1 Å². The maximum absolute atomic E-state index is 12.4. The van der Waals surface area contributed by atoms with E-state index in [0.717, 1.165) is 57.7 Å². The number of benzene rings is 1. The van der Waals surface area contributed by atoms with Crippen LogP contribution in [0.2, 0.25) is 0 Å². The van der Waals surface area contributed by atoms with Crippen LogP contribution in [0.25, 0.3) is 6.08 Å². The first-order chi connectivity index (χ1) is 11.8. The molecule has 3 rings (SSSR count). The van der Waals surface area contributed by atoms with Crippen molar-refractivity contribution in [2.45, 2.75) is 25.7 Å². The number of hydrogen-bond donors (Lipinski definition) is 0. The average Bonchev–Trinajstić information content (AvgIpc) is 2.80. The molecule has 0 aromatic heterocycles. The fourth-order valence-electron chi connectivity index (χ4n) is 3.34. The van der Waals surface area contributed by atoms with Gasteiger partial charge in [0.2, 0.25) is 5.91 Å². The molecule has 130 valence electrons. The van der Waals surface area contributed by atoms with Gasteiger partial charge in [-0.2, -0.15) is 0 Å². The molecule has 0 radical (unpaired) electrons. The Balaban J connectivity index is 1.45. The molecule has 1 aromatic carbocycles. The van der Waals surface area contributed by atoms with Crippen molar-refractivity contribution in [3.63, 3.8) is 0 Å². The third kappa shape index (κ3) is 4.38. The fraction of sp³-hybridized carbons (Fsp3) is 0.550. The van der Waals surface area contributed by atoms with Crippen molar-refractivity contribution in [1.29, 1.82) is 0 Å². The van der Waals surface area contributed by atoms with E-state index in [4.69, 9.17) is 4.74 Å². The van der Waals surface area contributed by atoms with Gasteiger partial charge in [-0.05, 0) is 37.0 Å². The van der Waals surface area contributed by atoms with Crippen LogP contribution < -0.4 is 4.74 Å². The first kappa shape index (κ1) is 17.0. The van der Waals surface area contributed by atoms with Crippen LogP contribution in [0.4, 0.5) is 0 Å². The standard InChI is InChI=1S/C20H28N2O2/c1-24-19-10-8-17(9-11-19)5-3-12-21-13-4-14-22(16-15-21)20(23)18-6-2-7-18/h3,5,8-11,18H,2,4,6-7,12-16H2,1H3. The molecule has 1 heterocycles. The van der Waals surface area contributed by atoms with E-state index >= 15 is 0 Å². The van der Waals surface area contributed by atoms with E-state index < -0.39 is 0 Å². The van der Waals surface area contributed by atoms with Crippen molar-refractivity contribution in [3.05, 3.63) is 35.9 Å². The van der Waals surface area contributed by atoms with Gasteiger partial charge in [-0.15, -0.1) is 0 Å². The molecule has 4 nitrogen and oxygen atoms in total. The van der Waals surface area contributed by atoms with Crippen molar-refractivity contribution >= 4 is 12.0 Å². The highest BCUT2D eigenvalue weighted by Gasteiger charge is 2.30. The minimum atomic E-state index is 0.325. The number of nitrogens with zero attached hydrogens (tertiary/aromatic N) is 2. The molecule has 1 aromatic rings. The van der Waals surface area contributed by atoms with Gasteiger partial charge in [0.05, 0.1) is 7.11 Å². The van der Waals surface area contributed by atoms with Crippen LogP contribution in [0.1, 0.15) is 31.2 Å². The third-order valence-electron chi connectivity index (χ3n) is 5.14. The minimum absolute atomic E-state index is 0.325. The first-order valence-corrected chi connectivity index (χ1v) is 9.08. The first-order valence-electron chi connectivity index (χ1n) is 9.08. The molecule has 0 N–H and O–H groups in total. The topological polar surface area (TPSA) is 32.8 Å². The van der Waals surface area contributed by atoms with E-state index in [1.54, 1.807) is 7.11 Å². The second-order valence-corrected chi connectivity index (χ2v) is 6.78. The summed E-state index contributed by atoms with van der Waals surface area (Å²) in [6.45, 7) is 4.80. The lowest BCUT2D eigenvalue weighted by Gasteiger charge is -2.31. The Labute approximate surface area is 145 Å². The van der Waals surface area contributed by atoms with Gasteiger partial charge in [-0.3, -0.25) is 9.69 Å². The Hall–Kier alpha value is -1.81. The lowest BCUT2D eigenvalue weighted by atomic mass is 9.84. The SMILES string of the molecule is COc1ccc(C=CCN2CCCN(C(=O)C3CCC3)CC2)cc1. The number of amides is 1. The van der Waals surface area contributed by atoms with Crippen molar-refractivity contribution in [1.82, 2.24) is 9.80 Å². The van der Waals surface area contributed by atoms with E-state index in [-0.39, 0.29) is 0 Å². The molecule has 0 bridgehead atoms. The Morgan fingerprint density at radius 3 is 2.58 bits per heavy atom. The summed E-state index contributed by atoms with van der Waals surface area (Å²) in [6.07, 6.45) is 8.88. The highest BCUT2D eigenvalue weighted by molar-refractivity contribution is 5.79. The zero-order valence-corrected chi connectivity index (χ0v) is 14.6. The zero-order valence-electron chi connectivity index (χ0n) is 14.6. The van der Waals surface area contributed by atoms with Gasteiger partial charge in [-0.25, -0.2) is 0 Å². The number of rotatable bonds is 5. The molecule has 0 spiro atoms. The van der Waals surface area contributed by atoms with Gasteiger partial charge in [0.15, 0.2) is 0 Å². The van der Waals surface area contributed by atoms with Crippen molar-refractivity contribution in [3.8, 4) is 5.75 Å². The fourth-order valence-corrected chi connectivity index (χ4v) is 3.34. The lowest BCUT2D eigenvalue weighted by Crippen LogP contribution is -2.41. The van der Waals surface area contributed by atoms with Gasteiger partial charge in [0.1, 0.15) is 5.75 Å². The molecule has 2 aliphatic rings. The second kappa shape index (κ2) is 8.34. The molecule has 1 amide bonds. The van der Waals surface area contributed by atoms with Crippen LogP contribution >= 0.6 is 0 Å². The van der Waals surface area contributed by atoms with Crippen LogP contribution in [-0.2, 0) is 4.79 Å². The summed E-state index contributed by atoms with van der Waals surface area (Å²) in [5, 5.41) is 0. The molecule has 1 aliphatic carbocycles. The lowest BCUT2D eigenvalue weighted by molar-refractivity contribution is -0.138. The third-order valence-corrected chi connectivity index (χ3v) is 5.14. The van der Waals surface area contributed by atoms with Gasteiger partial charge in [0.25, 0.3) is 0 Å². The van der Waals surface area contributed by atoms with Crippen LogP contribution in [0, 0.1) is 5.92 Å². The van der Waals surface area contributed by atoms with Crippen LogP contribution in [0.15, 0.2) is 30.3 Å². The normalized spacial score (nSPS) is 20.0. The van der Waals surface area contributed by atoms with Crippen LogP contribution in [-0.4, -0.2) is 55.5 Å². The van der Waals surface area contributed by atoms with E-state index in [0.29, 0.717) is 11.8 Å². The smallest absolute Gasteiger partial charge is 0.225 e. The largest absolute Gasteiger partial charge is 0.497 e. The summed E-state index contributed by atoms with van der Waals surface area (Å²) >= 11 is 0. The van der Waals surface area contributed by atoms with E-state index in [2.05, 4.69) is 34.1 Å². The van der Waals surface area contributed by atoms with E-state index in [9.17, 15) is 4.79 Å². The molecular weight excluding hydrogens is 300 g/mol. The van der Waals surface area contributed by atoms with Crippen LogP contribution in [0.5, 0.6) is 5.75 Å². The second-order valence-electron chi connectivity index (χ2n) is 6.78. The summed E-state index contributed by atoms with van der Waals surface area (Å²) in [6, 6.07) is 8.10. The van der Waals surface area contributed by atoms with Crippen molar-refractivity contribution in [2.24, 2.45) is 5.92 Å². The van der Waals surface area contributed by atoms with Crippen molar-refractivity contribution in [2.75, 3.05) is 39.8 Å². The molecule has 1 saturated heterocycles. The number of carbonyl (C=O) groups excluding carboxylic acids is 1. The summed E-state index contributed by atoms with van der Waals surface area (Å²) in [4.78, 5) is 16.9. The Bertz CT molecular complexity index is 564. The maximum Gasteiger partial charge on any atom is 0.225 e. The highest BCUT2D eigenvalue weighted by Crippen LogP contribution is 2.28. The number of methoxy groups -OCH3 is 1. The molecular formula is C20H28N2O2. The highest BCUT2D eigenvalue weighted by atomic mass is 16.5. The molecule has 1 aliphatic heterocycles. The molecule has 4 heteroatoms. The number of hydrogen-bond acceptors (Lipinski definition) is 3. The zero-order chi connectivity index (χ0) is 16.8. The molecule has 1 saturated carbocycles. The summed E-state index contributed by atoms with van der Waals surface area (Å²) in [5.41, 5.74) is 1.19. The van der Waals surface area contributed by atoms with E-state index in [1.165, 1.54) is 12.0 Å². The number of ether oxygens (including phenoxy) is 1. The predicted molar refractivity (Wildman–Crippen MR) is 97.0 cm³/mol. The minimum Gasteiger partial charge on any atom is -0.497 e.